The van der Waals surface area contributed by atoms with Crippen molar-refractivity contribution in [1.29, 1.82) is 0 Å². The molecule has 6 N–H and O–H groups in total. The largest absolute Gasteiger partial charge is 0.391 e. The summed E-state index contributed by atoms with van der Waals surface area (Å²) in [4.78, 5) is 12.9. The summed E-state index contributed by atoms with van der Waals surface area (Å²) in [5.74, 6) is -0.854. The van der Waals surface area contributed by atoms with Gasteiger partial charge < -0.3 is 16.2 Å². The maximum atomic E-state index is 14.1. The van der Waals surface area contributed by atoms with Crippen LogP contribution >= 0.6 is 0 Å². The minimum Gasteiger partial charge on any atom is -0.391 e. The summed E-state index contributed by atoms with van der Waals surface area (Å²) in [6, 6.07) is 15.1. The standard InChI is InChI=1S/C25H36FN3O4S/c1-25(2,26)14-12-20(17-23(30)22(27)16-19-6-4-3-5-7-19)24(31)29-15-13-18-8-10-21(11-9-18)34(28,32)33/h3-11,20,22-23,30H,12-17,27H2,1-2H3,(H,29,31)(H2,28,32,33)/t20-,22+,23+/m1/s1. The van der Waals surface area contributed by atoms with Crippen LogP contribution in [0.25, 0.3) is 0 Å². The molecule has 0 heterocycles. The Balaban J connectivity index is 1.95. The first-order valence-electron chi connectivity index (χ1n) is 11.4. The molecule has 0 aliphatic rings. The summed E-state index contributed by atoms with van der Waals surface area (Å²) in [5, 5.41) is 18.6. The number of halogens is 1. The van der Waals surface area contributed by atoms with E-state index in [-0.39, 0.29) is 30.1 Å². The van der Waals surface area contributed by atoms with Gasteiger partial charge in [-0.15, -0.1) is 0 Å². The van der Waals surface area contributed by atoms with Gasteiger partial charge in [-0.05, 0) is 69.2 Å². The Morgan fingerprint density at radius 3 is 2.26 bits per heavy atom. The molecule has 7 nitrogen and oxygen atoms in total. The molecule has 9 heteroatoms. The van der Waals surface area contributed by atoms with Crippen molar-refractivity contribution in [1.82, 2.24) is 5.32 Å². The smallest absolute Gasteiger partial charge is 0.238 e. The molecule has 0 unspecified atom stereocenters. The first-order chi connectivity index (χ1) is 15.8. The van der Waals surface area contributed by atoms with Gasteiger partial charge >= 0.3 is 0 Å². The summed E-state index contributed by atoms with van der Waals surface area (Å²) < 4.78 is 36.8. The molecule has 0 radical (unpaired) electrons. The minimum atomic E-state index is -3.76. The van der Waals surface area contributed by atoms with Crippen molar-refractivity contribution in [2.24, 2.45) is 16.8 Å². The van der Waals surface area contributed by atoms with Crippen LogP contribution in [0.5, 0.6) is 0 Å². The molecule has 0 aliphatic carbocycles. The van der Waals surface area contributed by atoms with Gasteiger partial charge in [-0.2, -0.15) is 0 Å². The number of primary sulfonamides is 1. The Labute approximate surface area is 201 Å². The maximum Gasteiger partial charge on any atom is 0.238 e. The van der Waals surface area contributed by atoms with E-state index in [4.69, 9.17) is 10.9 Å². The molecular weight excluding hydrogens is 457 g/mol. The number of sulfonamides is 1. The number of aliphatic hydroxyl groups excluding tert-OH is 1. The third-order valence-electron chi connectivity index (χ3n) is 5.76. The average molecular weight is 494 g/mol. The van der Waals surface area contributed by atoms with Crippen LogP contribution in [0, 0.1) is 5.92 Å². The molecule has 0 saturated carbocycles. The molecule has 0 saturated heterocycles. The minimum absolute atomic E-state index is 0.0232. The maximum absolute atomic E-state index is 14.1. The molecule has 0 spiro atoms. The number of alkyl halides is 1. The van der Waals surface area contributed by atoms with Crippen molar-refractivity contribution in [3.63, 3.8) is 0 Å². The summed E-state index contributed by atoms with van der Waals surface area (Å²) >= 11 is 0. The van der Waals surface area contributed by atoms with Crippen LogP contribution in [-0.2, 0) is 27.7 Å². The third kappa shape index (κ3) is 9.89. The van der Waals surface area contributed by atoms with Gasteiger partial charge in [-0.1, -0.05) is 42.5 Å². The van der Waals surface area contributed by atoms with E-state index in [9.17, 15) is 22.7 Å². The molecule has 34 heavy (non-hydrogen) atoms. The molecule has 0 aliphatic heterocycles. The van der Waals surface area contributed by atoms with Crippen LogP contribution in [0.1, 0.15) is 44.2 Å². The van der Waals surface area contributed by atoms with Crippen LogP contribution in [0.3, 0.4) is 0 Å². The first kappa shape index (κ1) is 27.9. The van der Waals surface area contributed by atoms with Crippen LogP contribution in [0.2, 0.25) is 0 Å². The van der Waals surface area contributed by atoms with Gasteiger partial charge in [0.15, 0.2) is 0 Å². The van der Waals surface area contributed by atoms with Gasteiger partial charge in [-0.3, -0.25) is 4.79 Å². The van der Waals surface area contributed by atoms with Crippen molar-refractivity contribution >= 4 is 15.9 Å². The van der Waals surface area contributed by atoms with E-state index in [1.165, 1.54) is 26.0 Å². The highest BCUT2D eigenvalue weighted by atomic mass is 32.2. The Bertz CT molecular complexity index is 1010. The van der Waals surface area contributed by atoms with E-state index < -0.39 is 33.8 Å². The average Bonchev–Trinajstić information content (AvgIpc) is 2.76. The zero-order valence-electron chi connectivity index (χ0n) is 19.8. The second kappa shape index (κ2) is 12.4. The van der Waals surface area contributed by atoms with E-state index >= 15 is 0 Å². The lowest BCUT2D eigenvalue weighted by atomic mass is 9.88. The first-order valence-corrected chi connectivity index (χ1v) is 13.0. The molecule has 1 amide bonds. The molecule has 0 aromatic heterocycles. The molecule has 2 aromatic rings. The second-order valence-electron chi connectivity index (χ2n) is 9.34. The Hall–Kier alpha value is -2.33. The number of nitrogens with two attached hydrogens (primary N) is 2. The molecular formula is C25H36FN3O4S. The number of nitrogens with one attached hydrogen (secondary N) is 1. The highest BCUT2D eigenvalue weighted by molar-refractivity contribution is 7.89. The molecule has 3 atom stereocenters. The van der Waals surface area contributed by atoms with Gasteiger partial charge in [0.2, 0.25) is 15.9 Å². The monoisotopic (exact) mass is 493 g/mol. The van der Waals surface area contributed by atoms with Crippen molar-refractivity contribution in [3.05, 3.63) is 65.7 Å². The van der Waals surface area contributed by atoms with Gasteiger partial charge in [0.25, 0.3) is 0 Å². The zero-order chi connectivity index (χ0) is 25.4. The number of hydrogen-bond acceptors (Lipinski definition) is 5. The number of rotatable bonds is 13. The fourth-order valence-electron chi connectivity index (χ4n) is 3.68. The number of carbonyl (C=O) groups is 1. The summed E-state index contributed by atoms with van der Waals surface area (Å²) in [6.45, 7) is 3.24. The van der Waals surface area contributed by atoms with E-state index in [1.807, 2.05) is 30.3 Å². The Morgan fingerprint density at radius 2 is 1.71 bits per heavy atom. The van der Waals surface area contributed by atoms with Crippen molar-refractivity contribution in [2.45, 2.75) is 68.7 Å². The lowest BCUT2D eigenvalue weighted by molar-refractivity contribution is -0.126. The van der Waals surface area contributed by atoms with E-state index in [0.717, 1.165) is 11.1 Å². The van der Waals surface area contributed by atoms with Crippen molar-refractivity contribution < 1.29 is 22.7 Å². The second-order valence-corrected chi connectivity index (χ2v) is 10.9. The van der Waals surface area contributed by atoms with Crippen LogP contribution in [0.4, 0.5) is 4.39 Å². The molecule has 188 valence electrons. The van der Waals surface area contributed by atoms with Crippen LogP contribution < -0.4 is 16.2 Å². The molecule has 2 aromatic carbocycles. The quantitative estimate of drug-likeness (QED) is 0.340. The summed E-state index contributed by atoms with van der Waals surface area (Å²) in [6.07, 6.45) is 0.644. The Morgan fingerprint density at radius 1 is 1.09 bits per heavy atom. The summed E-state index contributed by atoms with van der Waals surface area (Å²) in [5.41, 5.74) is 6.59. The summed E-state index contributed by atoms with van der Waals surface area (Å²) in [7, 11) is -3.76. The number of carbonyl (C=O) groups excluding carboxylic acids is 1. The highest BCUT2D eigenvalue weighted by Crippen LogP contribution is 2.24. The predicted octanol–water partition coefficient (Wildman–Crippen LogP) is 2.46. The van der Waals surface area contributed by atoms with Gasteiger partial charge in [0.05, 0.1) is 11.0 Å². The van der Waals surface area contributed by atoms with Crippen molar-refractivity contribution in [2.75, 3.05) is 6.54 Å². The number of hydrogen-bond donors (Lipinski definition) is 4. The SMILES string of the molecule is CC(C)(F)CC[C@H](C[C@H](O)[C@@H](N)Cc1ccccc1)C(=O)NCCc1ccc(S(N)(=O)=O)cc1. The fourth-order valence-corrected chi connectivity index (χ4v) is 4.20. The van der Waals surface area contributed by atoms with Gasteiger partial charge in [0.1, 0.15) is 5.67 Å². The fraction of sp³-hybridized carbons (Fsp3) is 0.480. The Kier molecular flexibility index (Phi) is 10.2. The predicted molar refractivity (Wildman–Crippen MR) is 131 cm³/mol. The molecule has 0 bridgehead atoms. The van der Waals surface area contributed by atoms with Crippen LogP contribution in [-0.4, -0.2) is 43.8 Å². The lowest BCUT2D eigenvalue weighted by Crippen LogP contribution is -2.41. The van der Waals surface area contributed by atoms with Crippen LogP contribution in [0.15, 0.2) is 59.5 Å². The number of aliphatic hydroxyl groups is 1. The van der Waals surface area contributed by atoms with E-state index in [2.05, 4.69) is 5.32 Å². The van der Waals surface area contributed by atoms with E-state index in [0.29, 0.717) is 19.4 Å². The third-order valence-corrected chi connectivity index (χ3v) is 6.69. The van der Waals surface area contributed by atoms with Gasteiger partial charge in [0, 0.05) is 18.5 Å². The van der Waals surface area contributed by atoms with E-state index in [1.54, 1.807) is 12.1 Å². The normalized spacial score (nSPS) is 14.9. The van der Waals surface area contributed by atoms with Gasteiger partial charge in [-0.25, -0.2) is 17.9 Å². The van der Waals surface area contributed by atoms with Crippen molar-refractivity contribution in [3.8, 4) is 0 Å². The zero-order valence-corrected chi connectivity index (χ0v) is 20.6. The number of amides is 1. The molecule has 2 rings (SSSR count). The lowest BCUT2D eigenvalue weighted by Gasteiger charge is -2.25. The topological polar surface area (TPSA) is 136 Å². The highest BCUT2D eigenvalue weighted by Gasteiger charge is 2.28. The molecule has 0 fully saturated rings. The number of benzene rings is 2.